The van der Waals surface area contributed by atoms with Crippen molar-refractivity contribution in [1.29, 1.82) is 0 Å². The van der Waals surface area contributed by atoms with Crippen molar-refractivity contribution < 1.29 is 9.53 Å². The molecule has 2 aliphatic rings. The second-order valence-electron chi connectivity index (χ2n) is 8.42. The molecule has 1 N–H and O–H groups in total. The van der Waals surface area contributed by atoms with E-state index in [1.807, 2.05) is 29.2 Å². The van der Waals surface area contributed by atoms with Gasteiger partial charge in [0.05, 0.1) is 5.69 Å². The van der Waals surface area contributed by atoms with Crippen LogP contribution < -0.4 is 15.0 Å². The van der Waals surface area contributed by atoms with Gasteiger partial charge in [-0.2, -0.15) is 0 Å². The summed E-state index contributed by atoms with van der Waals surface area (Å²) in [6.45, 7) is 14.5. The highest BCUT2D eigenvalue weighted by Crippen LogP contribution is 2.46. The molecular weight excluding hydrogens is 340 g/mol. The van der Waals surface area contributed by atoms with E-state index in [1.54, 1.807) is 0 Å². The Bertz CT molecular complexity index is 727. The summed E-state index contributed by atoms with van der Waals surface area (Å²) in [7, 11) is 0. The van der Waals surface area contributed by atoms with Crippen molar-refractivity contribution in [3.63, 3.8) is 0 Å². The number of nitrogens with zero attached hydrogens (tertiary/aromatic N) is 3. The first-order chi connectivity index (χ1) is 12.8. The van der Waals surface area contributed by atoms with Crippen molar-refractivity contribution in [2.75, 3.05) is 37.7 Å². The molecule has 0 spiro atoms. The predicted octanol–water partition coefficient (Wildman–Crippen LogP) is 2.89. The van der Waals surface area contributed by atoms with Crippen LogP contribution in [-0.2, 0) is 4.79 Å². The quantitative estimate of drug-likeness (QED) is 0.491. The van der Waals surface area contributed by atoms with Gasteiger partial charge in [0.1, 0.15) is 5.75 Å². The smallest absolute Gasteiger partial charge is 0.265 e. The molecule has 1 aromatic carbocycles. The maximum Gasteiger partial charge on any atom is 0.265 e. The molecule has 3 rings (SSSR count). The van der Waals surface area contributed by atoms with Crippen molar-refractivity contribution in [2.24, 2.45) is 10.4 Å². The van der Waals surface area contributed by atoms with E-state index >= 15 is 0 Å². The summed E-state index contributed by atoms with van der Waals surface area (Å²) < 4.78 is 5.50. The lowest BCUT2D eigenvalue weighted by Gasteiger charge is -2.62. The molecule has 27 heavy (non-hydrogen) atoms. The van der Waals surface area contributed by atoms with Crippen molar-refractivity contribution >= 4 is 17.6 Å². The first-order valence-corrected chi connectivity index (χ1v) is 9.86. The Hall–Kier alpha value is -2.24. The zero-order valence-corrected chi connectivity index (χ0v) is 17.2. The van der Waals surface area contributed by atoms with Crippen LogP contribution in [0.15, 0.2) is 29.3 Å². The molecule has 0 atom stereocenters. The number of amides is 1. The summed E-state index contributed by atoms with van der Waals surface area (Å²) in [4.78, 5) is 21.2. The molecule has 0 radical (unpaired) electrons. The van der Waals surface area contributed by atoms with Crippen LogP contribution in [0.25, 0.3) is 0 Å². The molecule has 2 heterocycles. The summed E-state index contributed by atoms with van der Waals surface area (Å²) in [6.07, 6.45) is 0.812. The third kappa shape index (κ3) is 3.62. The van der Waals surface area contributed by atoms with Gasteiger partial charge in [-0.3, -0.25) is 9.79 Å². The molecule has 0 bridgehead atoms. The summed E-state index contributed by atoms with van der Waals surface area (Å²) in [6, 6.07) is 7.70. The van der Waals surface area contributed by atoms with Crippen molar-refractivity contribution in [3.8, 4) is 5.75 Å². The summed E-state index contributed by atoms with van der Waals surface area (Å²) >= 11 is 0. The topological polar surface area (TPSA) is 57.2 Å². The molecule has 1 fully saturated rings. The lowest BCUT2D eigenvalue weighted by molar-refractivity contribution is -0.121. The van der Waals surface area contributed by atoms with Gasteiger partial charge < -0.3 is 19.9 Å². The second kappa shape index (κ2) is 7.41. The maximum absolute atomic E-state index is 12.3. The van der Waals surface area contributed by atoms with E-state index < -0.39 is 0 Å². The van der Waals surface area contributed by atoms with Gasteiger partial charge in [0.2, 0.25) is 0 Å². The molecule has 0 aliphatic carbocycles. The van der Waals surface area contributed by atoms with Crippen LogP contribution >= 0.6 is 0 Å². The second-order valence-corrected chi connectivity index (χ2v) is 8.42. The minimum absolute atomic E-state index is 0.00946. The van der Waals surface area contributed by atoms with Gasteiger partial charge in [0.25, 0.3) is 5.91 Å². The van der Waals surface area contributed by atoms with E-state index in [9.17, 15) is 4.79 Å². The number of likely N-dealkylation sites (tertiary alicyclic amines) is 1. The van der Waals surface area contributed by atoms with Crippen molar-refractivity contribution in [2.45, 2.75) is 46.6 Å². The highest BCUT2D eigenvalue weighted by molar-refractivity contribution is 5.97. The number of benzene rings is 1. The summed E-state index contributed by atoms with van der Waals surface area (Å²) in [5.74, 6) is 1.75. The van der Waals surface area contributed by atoms with E-state index in [4.69, 9.17) is 9.73 Å². The van der Waals surface area contributed by atoms with Crippen LogP contribution in [0.3, 0.4) is 0 Å². The van der Waals surface area contributed by atoms with Gasteiger partial charge in [0, 0.05) is 37.1 Å². The first kappa shape index (κ1) is 19.5. The van der Waals surface area contributed by atoms with E-state index in [-0.39, 0.29) is 23.5 Å². The van der Waals surface area contributed by atoms with Crippen LogP contribution in [0, 0.1) is 5.41 Å². The SMILES string of the molecule is CCNC(=NCCCN1C(=O)COc2ccccc21)N1CC(C)(C)C1(C)C. The van der Waals surface area contributed by atoms with Crippen molar-refractivity contribution in [3.05, 3.63) is 24.3 Å². The molecule has 0 unspecified atom stereocenters. The van der Waals surface area contributed by atoms with E-state index in [1.165, 1.54) is 0 Å². The minimum Gasteiger partial charge on any atom is -0.482 e. The fraction of sp³-hybridized carbons (Fsp3) is 0.619. The number of nitrogens with one attached hydrogen (secondary N) is 1. The van der Waals surface area contributed by atoms with Gasteiger partial charge in [-0.05, 0) is 39.3 Å². The molecule has 0 aromatic heterocycles. The number of guanidine groups is 1. The molecule has 1 saturated heterocycles. The molecule has 6 nitrogen and oxygen atoms in total. The zero-order chi connectivity index (χ0) is 19.7. The van der Waals surface area contributed by atoms with Gasteiger partial charge in [-0.25, -0.2) is 0 Å². The van der Waals surface area contributed by atoms with E-state index in [0.29, 0.717) is 13.1 Å². The van der Waals surface area contributed by atoms with Gasteiger partial charge in [-0.1, -0.05) is 26.0 Å². The first-order valence-electron chi connectivity index (χ1n) is 9.86. The highest BCUT2D eigenvalue weighted by Gasteiger charge is 2.53. The number of anilines is 1. The van der Waals surface area contributed by atoms with E-state index in [0.717, 1.165) is 36.9 Å². The Kier molecular flexibility index (Phi) is 5.36. The monoisotopic (exact) mass is 372 g/mol. The molecule has 1 amide bonds. The number of carbonyl (C=O) groups is 1. The van der Waals surface area contributed by atoms with Crippen LogP contribution in [0.2, 0.25) is 0 Å². The van der Waals surface area contributed by atoms with Crippen LogP contribution in [0.1, 0.15) is 41.0 Å². The fourth-order valence-electron chi connectivity index (χ4n) is 3.61. The summed E-state index contributed by atoms with van der Waals surface area (Å²) in [5.41, 5.74) is 1.20. The third-order valence-corrected chi connectivity index (χ3v) is 6.08. The number of carbonyl (C=O) groups excluding carboxylic acids is 1. The molecule has 148 valence electrons. The number of ether oxygens (including phenoxy) is 1. The van der Waals surface area contributed by atoms with Crippen molar-refractivity contribution in [1.82, 2.24) is 10.2 Å². The third-order valence-electron chi connectivity index (χ3n) is 6.08. The van der Waals surface area contributed by atoms with Gasteiger partial charge in [0.15, 0.2) is 12.6 Å². The molecular formula is C21H32N4O2. The Labute approximate surface area is 162 Å². The predicted molar refractivity (Wildman–Crippen MR) is 109 cm³/mol. The lowest BCUT2D eigenvalue weighted by atomic mass is 9.65. The normalized spacial score (nSPS) is 20.6. The lowest BCUT2D eigenvalue weighted by Crippen LogP contribution is -2.72. The molecule has 2 aliphatic heterocycles. The Morgan fingerprint density at radius 2 is 2.00 bits per heavy atom. The van der Waals surface area contributed by atoms with Crippen LogP contribution in [0.5, 0.6) is 5.75 Å². The summed E-state index contributed by atoms with van der Waals surface area (Å²) in [5, 5.41) is 3.42. The largest absolute Gasteiger partial charge is 0.482 e. The number of fused-ring (bicyclic) bond motifs is 1. The number of para-hydroxylation sites is 2. The molecule has 6 heteroatoms. The number of hydrogen-bond donors (Lipinski definition) is 1. The average Bonchev–Trinajstić information content (AvgIpc) is 2.64. The maximum atomic E-state index is 12.3. The van der Waals surface area contributed by atoms with Crippen LogP contribution in [-0.4, -0.2) is 55.1 Å². The molecule has 1 aromatic rings. The van der Waals surface area contributed by atoms with Gasteiger partial charge in [-0.15, -0.1) is 0 Å². The van der Waals surface area contributed by atoms with Gasteiger partial charge >= 0.3 is 0 Å². The number of hydrogen-bond acceptors (Lipinski definition) is 3. The number of rotatable bonds is 5. The Morgan fingerprint density at radius 1 is 1.26 bits per heavy atom. The highest BCUT2D eigenvalue weighted by atomic mass is 16.5. The van der Waals surface area contributed by atoms with E-state index in [2.05, 4.69) is 44.8 Å². The average molecular weight is 373 g/mol. The zero-order valence-electron chi connectivity index (χ0n) is 17.2. The van der Waals surface area contributed by atoms with Crippen LogP contribution in [0.4, 0.5) is 5.69 Å². The Morgan fingerprint density at radius 3 is 2.67 bits per heavy atom. The standard InChI is InChI=1S/C21H32N4O2/c1-6-22-19(25-15-20(2,3)21(25,4)5)23-12-9-13-24-16-10-7-8-11-17(16)27-14-18(24)26/h7-8,10-11H,6,9,12-15H2,1-5H3,(H,22,23). The molecule has 0 saturated carbocycles. The fourth-order valence-corrected chi connectivity index (χ4v) is 3.61. The minimum atomic E-state index is 0.00946. The Balaban J connectivity index is 1.62. The number of aliphatic imine (C=N–C) groups is 1.